The Morgan fingerprint density at radius 2 is 1.79 bits per heavy atom. The molecule has 0 saturated carbocycles. The fraction of sp³-hybridized carbons (Fsp3) is 0.375. The molecule has 3 unspecified atom stereocenters. The van der Waals surface area contributed by atoms with Gasteiger partial charge in [-0.1, -0.05) is 73.2 Å². The van der Waals surface area contributed by atoms with Gasteiger partial charge in [0.1, 0.15) is 0 Å². The molecule has 0 radical (unpaired) electrons. The molecule has 0 spiro atoms. The maximum Gasteiger partial charge on any atom is 0.223 e. The number of carbonyl (C=O) groups is 1. The van der Waals surface area contributed by atoms with Crippen molar-refractivity contribution in [3.8, 4) is 0 Å². The zero-order valence-electron chi connectivity index (χ0n) is 16.9. The summed E-state index contributed by atoms with van der Waals surface area (Å²) in [4.78, 5) is 15.1. The minimum Gasteiger partial charge on any atom is -0.387 e. The predicted molar refractivity (Wildman–Crippen MR) is 114 cm³/mol. The molecule has 0 heterocycles. The first-order valence-corrected chi connectivity index (χ1v) is 9.92. The number of nitrogens with zero attached hydrogens (tertiary/aromatic N) is 1. The van der Waals surface area contributed by atoms with Crippen molar-refractivity contribution in [1.82, 2.24) is 10.2 Å². The summed E-state index contributed by atoms with van der Waals surface area (Å²) in [7, 11) is 4.14. The third-order valence-electron chi connectivity index (χ3n) is 5.49. The Kier molecular flexibility index (Phi) is 6.65. The van der Waals surface area contributed by atoms with Gasteiger partial charge in [0.05, 0.1) is 6.10 Å². The van der Waals surface area contributed by atoms with Gasteiger partial charge in [0.15, 0.2) is 0 Å². The summed E-state index contributed by atoms with van der Waals surface area (Å²) in [6, 6.07) is 17.8. The standard InChI is InChI=1S/C24H30N2O2/c1-17(24(28)25-16-22(27)18-9-5-4-6-10-18)23-20(13-14-26(2)3)15-19-11-7-8-12-21(19)23/h4-12,15,17,22-23,27H,13-14,16H2,1-3H3,(H,25,28). The lowest BCUT2D eigenvalue weighted by molar-refractivity contribution is -0.125. The van der Waals surface area contributed by atoms with E-state index < -0.39 is 6.10 Å². The van der Waals surface area contributed by atoms with Crippen LogP contribution in [-0.2, 0) is 4.79 Å². The summed E-state index contributed by atoms with van der Waals surface area (Å²) in [5.41, 5.74) is 4.56. The number of hydrogen-bond acceptors (Lipinski definition) is 3. The van der Waals surface area contributed by atoms with Crippen LogP contribution in [0.3, 0.4) is 0 Å². The Hall–Kier alpha value is -2.43. The van der Waals surface area contributed by atoms with E-state index in [2.05, 4.69) is 42.5 Å². The van der Waals surface area contributed by atoms with Crippen LogP contribution in [0.2, 0.25) is 0 Å². The van der Waals surface area contributed by atoms with E-state index in [1.807, 2.05) is 49.4 Å². The first-order chi connectivity index (χ1) is 13.5. The van der Waals surface area contributed by atoms with Gasteiger partial charge in [-0.25, -0.2) is 0 Å². The van der Waals surface area contributed by atoms with Crippen molar-refractivity contribution in [2.24, 2.45) is 5.92 Å². The second kappa shape index (κ2) is 9.18. The molecule has 28 heavy (non-hydrogen) atoms. The van der Waals surface area contributed by atoms with Crippen molar-refractivity contribution in [1.29, 1.82) is 0 Å². The van der Waals surface area contributed by atoms with E-state index in [0.717, 1.165) is 18.5 Å². The topological polar surface area (TPSA) is 52.6 Å². The van der Waals surface area contributed by atoms with E-state index in [1.165, 1.54) is 16.7 Å². The summed E-state index contributed by atoms with van der Waals surface area (Å²) in [5.74, 6) is -0.127. The van der Waals surface area contributed by atoms with Crippen LogP contribution in [0.25, 0.3) is 6.08 Å². The maximum absolute atomic E-state index is 12.9. The van der Waals surface area contributed by atoms with Crippen molar-refractivity contribution in [3.63, 3.8) is 0 Å². The molecule has 4 heteroatoms. The van der Waals surface area contributed by atoms with E-state index in [4.69, 9.17) is 0 Å². The monoisotopic (exact) mass is 378 g/mol. The molecule has 0 bridgehead atoms. The summed E-state index contributed by atoms with van der Waals surface area (Å²) >= 11 is 0. The van der Waals surface area contributed by atoms with Gasteiger partial charge in [0, 0.05) is 24.9 Å². The fourth-order valence-electron chi connectivity index (χ4n) is 3.89. The Balaban J connectivity index is 1.69. The third kappa shape index (κ3) is 4.70. The third-order valence-corrected chi connectivity index (χ3v) is 5.49. The normalized spacial score (nSPS) is 17.8. The van der Waals surface area contributed by atoms with Gasteiger partial charge in [-0.2, -0.15) is 0 Å². The number of aliphatic hydroxyl groups is 1. The molecule has 4 nitrogen and oxygen atoms in total. The van der Waals surface area contributed by atoms with Gasteiger partial charge < -0.3 is 15.3 Å². The van der Waals surface area contributed by atoms with Gasteiger partial charge >= 0.3 is 0 Å². The van der Waals surface area contributed by atoms with E-state index >= 15 is 0 Å². The smallest absolute Gasteiger partial charge is 0.223 e. The Bertz CT molecular complexity index is 830. The second-order valence-corrected chi connectivity index (χ2v) is 7.84. The zero-order valence-corrected chi connectivity index (χ0v) is 16.9. The lowest BCUT2D eigenvalue weighted by atomic mass is 9.82. The largest absolute Gasteiger partial charge is 0.387 e. The molecular formula is C24H30N2O2. The first kappa shape index (κ1) is 20.3. The molecule has 0 saturated heterocycles. The molecule has 2 aromatic carbocycles. The number of aliphatic hydroxyl groups excluding tert-OH is 1. The van der Waals surface area contributed by atoms with Crippen molar-refractivity contribution in [2.45, 2.75) is 25.4 Å². The average Bonchev–Trinajstić information content (AvgIpc) is 3.08. The molecule has 1 aliphatic carbocycles. The molecule has 148 valence electrons. The van der Waals surface area contributed by atoms with Gasteiger partial charge in [0.25, 0.3) is 0 Å². The molecule has 1 aliphatic rings. The van der Waals surface area contributed by atoms with E-state index in [0.29, 0.717) is 0 Å². The minimum absolute atomic E-state index is 0.0209. The molecule has 3 atom stereocenters. The van der Waals surface area contributed by atoms with Crippen LogP contribution in [0.4, 0.5) is 0 Å². The summed E-state index contributed by atoms with van der Waals surface area (Å²) in [6.45, 7) is 3.16. The van der Waals surface area contributed by atoms with Crippen molar-refractivity contribution in [2.75, 3.05) is 27.2 Å². The number of rotatable bonds is 8. The summed E-state index contributed by atoms with van der Waals surface area (Å²) in [6.07, 6.45) is 2.49. The molecule has 0 aliphatic heterocycles. The molecule has 3 rings (SSSR count). The van der Waals surface area contributed by atoms with Gasteiger partial charge in [-0.15, -0.1) is 0 Å². The highest BCUT2D eigenvalue weighted by atomic mass is 16.3. The number of nitrogens with one attached hydrogen (secondary N) is 1. The van der Waals surface area contributed by atoms with E-state index in [-0.39, 0.29) is 24.3 Å². The van der Waals surface area contributed by atoms with Gasteiger partial charge in [0.2, 0.25) is 5.91 Å². The molecule has 1 amide bonds. The first-order valence-electron chi connectivity index (χ1n) is 9.92. The van der Waals surface area contributed by atoms with Crippen LogP contribution < -0.4 is 5.32 Å². The van der Waals surface area contributed by atoms with Crippen molar-refractivity contribution >= 4 is 12.0 Å². The van der Waals surface area contributed by atoms with Crippen LogP contribution in [0.15, 0.2) is 60.2 Å². The van der Waals surface area contributed by atoms with Crippen molar-refractivity contribution < 1.29 is 9.90 Å². The number of carbonyl (C=O) groups excluding carboxylic acids is 1. The molecule has 2 N–H and O–H groups in total. The van der Waals surface area contributed by atoms with Crippen LogP contribution in [-0.4, -0.2) is 43.1 Å². The molecule has 0 fully saturated rings. The Morgan fingerprint density at radius 3 is 2.50 bits per heavy atom. The maximum atomic E-state index is 12.9. The minimum atomic E-state index is -0.697. The molecule has 2 aromatic rings. The van der Waals surface area contributed by atoms with E-state index in [1.54, 1.807) is 0 Å². The van der Waals surface area contributed by atoms with Crippen LogP contribution in [0, 0.1) is 5.92 Å². The van der Waals surface area contributed by atoms with Gasteiger partial charge in [-0.3, -0.25) is 4.79 Å². The SMILES string of the molecule is CC(C(=O)NCC(O)c1ccccc1)C1C(CCN(C)C)=Cc2ccccc21. The average molecular weight is 379 g/mol. The lowest BCUT2D eigenvalue weighted by Gasteiger charge is -2.25. The molecular weight excluding hydrogens is 348 g/mol. The van der Waals surface area contributed by atoms with Crippen LogP contribution >= 0.6 is 0 Å². The predicted octanol–water partition coefficient (Wildman–Crippen LogP) is 3.60. The number of fused-ring (bicyclic) bond motifs is 1. The van der Waals surface area contributed by atoms with Crippen LogP contribution in [0.5, 0.6) is 0 Å². The summed E-state index contributed by atoms with van der Waals surface area (Å²) in [5, 5.41) is 13.3. The molecule has 0 aromatic heterocycles. The van der Waals surface area contributed by atoms with Gasteiger partial charge in [-0.05, 0) is 37.2 Å². The van der Waals surface area contributed by atoms with Crippen LogP contribution in [0.1, 0.15) is 42.1 Å². The van der Waals surface area contributed by atoms with E-state index in [9.17, 15) is 9.90 Å². The second-order valence-electron chi connectivity index (χ2n) is 7.84. The highest BCUT2D eigenvalue weighted by Crippen LogP contribution is 2.42. The highest BCUT2D eigenvalue weighted by molar-refractivity contribution is 5.82. The summed E-state index contributed by atoms with van der Waals surface area (Å²) < 4.78 is 0. The zero-order chi connectivity index (χ0) is 20.1. The number of benzene rings is 2. The van der Waals surface area contributed by atoms with Crippen molar-refractivity contribution in [3.05, 3.63) is 76.9 Å². The fourth-order valence-corrected chi connectivity index (χ4v) is 3.89. The lowest BCUT2D eigenvalue weighted by Crippen LogP contribution is -2.35. The Labute approximate surface area is 167 Å². The Morgan fingerprint density at radius 1 is 1.11 bits per heavy atom. The number of hydrogen-bond donors (Lipinski definition) is 2. The quantitative estimate of drug-likeness (QED) is 0.738. The highest BCUT2D eigenvalue weighted by Gasteiger charge is 2.33. The number of amides is 1.